The van der Waals surface area contributed by atoms with Gasteiger partial charge in [0.05, 0.1) is 6.61 Å². The van der Waals surface area contributed by atoms with Crippen LogP contribution in [0.3, 0.4) is 0 Å². The number of nitrogens with zero attached hydrogens (tertiary/aromatic N) is 1. The molecule has 0 aromatic heterocycles. The minimum Gasteiger partial charge on any atom is -0.490 e. The normalized spacial score (nSPS) is 11.9. The molecular weight excluding hydrogens is 268 g/mol. The maximum Gasteiger partial charge on any atom is 0.260 e. The Balaban J connectivity index is 2.78. The molecule has 2 N–H and O–H groups in total. The molecule has 21 heavy (non-hydrogen) atoms. The topological polar surface area (TPSA) is 64.8 Å². The molecule has 0 radical (unpaired) electrons. The van der Waals surface area contributed by atoms with Gasteiger partial charge in [-0.05, 0) is 44.9 Å². The summed E-state index contributed by atoms with van der Waals surface area (Å²) < 4.78 is 11.2. The van der Waals surface area contributed by atoms with Crippen LogP contribution in [-0.4, -0.2) is 43.7 Å². The van der Waals surface area contributed by atoms with E-state index in [1.54, 1.807) is 11.9 Å². The number of benzene rings is 1. The highest BCUT2D eigenvalue weighted by molar-refractivity contribution is 5.77. The number of rotatable bonds is 8. The maximum atomic E-state index is 11.8. The fraction of sp³-hybridized carbons (Fsp3) is 0.562. The Kier molecular flexibility index (Phi) is 7.02. The van der Waals surface area contributed by atoms with Crippen LogP contribution in [0.15, 0.2) is 18.2 Å². The molecule has 0 aliphatic rings. The quantitative estimate of drug-likeness (QED) is 0.794. The van der Waals surface area contributed by atoms with E-state index in [0.29, 0.717) is 24.7 Å². The molecule has 1 rings (SSSR count). The molecule has 0 saturated carbocycles. The molecule has 0 saturated heterocycles. The zero-order chi connectivity index (χ0) is 15.8. The highest BCUT2D eigenvalue weighted by Crippen LogP contribution is 2.29. The summed E-state index contributed by atoms with van der Waals surface area (Å²) in [5.74, 6) is 1.19. The van der Waals surface area contributed by atoms with Gasteiger partial charge in [0.2, 0.25) is 0 Å². The number of carbonyl (C=O) groups excluding carboxylic acids is 1. The first-order valence-corrected chi connectivity index (χ1v) is 7.36. The monoisotopic (exact) mass is 294 g/mol. The third kappa shape index (κ3) is 5.63. The van der Waals surface area contributed by atoms with Crippen LogP contribution in [0.5, 0.6) is 11.5 Å². The van der Waals surface area contributed by atoms with E-state index < -0.39 is 0 Å². The van der Waals surface area contributed by atoms with Crippen LogP contribution in [0.4, 0.5) is 0 Å². The minimum atomic E-state index is -0.0559. The first-order chi connectivity index (χ1) is 9.97. The summed E-state index contributed by atoms with van der Waals surface area (Å²) >= 11 is 0. The summed E-state index contributed by atoms with van der Waals surface area (Å²) in [5.41, 5.74) is 6.91. The highest BCUT2D eigenvalue weighted by Gasteiger charge is 2.11. The molecule has 5 nitrogen and oxygen atoms in total. The molecule has 5 heteroatoms. The number of hydrogen-bond donors (Lipinski definition) is 1. The Hall–Kier alpha value is -1.75. The van der Waals surface area contributed by atoms with Crippen LogP contribution in [-0.2, 0) is 11.2 Å². The number of nitrogens with two attached hydrogens (primary N) is 1. The van der Waals surface area contributed by atoms with E-state index in [9.17, 15) is 4.79 Å². The molecule has 1 unspecified atom stereocenters. The van der Waals surface area contributed by atoms with Gasteiger partial charge in [-0.1, -0.05) is 6.07 Å². The fourth-order valence-corrected chi connectivity index (χ4v) is 1.86. The predicted octanol–water partition coefficient (Wildman–Crippen LogP) is 1.83. The molecule has 118 valence electrons. The minimum absolute atomic E-state index is 0.0110. The van der Waals surface area contributed by atoms with Crippen LogP contribution in [0, 0.1) is 0 Å². The largest absolute Gasteiger partial charge is 0.490 e. The number of hydrogen-bond acceptors (Lipinski definition) is 4. The molecule has 0 fully saturated rings. The summed E-state index contributed by atoms with van der Waals surface area (Å²) in [4.78, 5) is 13.4. The third-order valence-corrected chi connectivity index (χ3v) is 3.12. The number of carbonyl (C=O) groups is 1. The lowest BCUT2D eigenvalue weighted by atomic mass is 10.1. The summed E-state index contributed by atoms with van der Waals surface area (Å²) in [6.45, 7) is 7.01. The zero-order valence-electron chi connectivity index (χ0n) is 13.4. The van der Waals surface area contributed by atoms with Crippen LogP contribution in [0.1, 0.15) is 26.3 Å². The van der Waals surface area contributed by atoms with E-state index in [1.807, 2.05) is 39.0 Å². The van der Waals surface area contributed by atoms with Gasteiger partial charge in [0.15, 0.2) is 18.1 Å². The number of amides is 1. The van der Waals surface area contributed by atoms with Crippen molar-refractivity contribution >= 4 is 5.91 Å². The van der Waals surface area contributed by atoms with Crippen molar-refractivity contribution in [2.75, 3.05) is 26.8 Å². The van der Waals surface area contributed by atoms with Crippen molar-refractivity contribution in [2.24, 2.45) is 5.73 Å². The van der Waals surface area contributed by atoms with Gasteiger partial charge in [0, 0.05) is 19.6 Å². The predicted molar refractivity (Wildman–Crippen MR) is 83.8 cm³/mol. The second kappa shape index (κ2) is 8.52. The molecule has 0 bridgehead atoms. The Labute approximate surface area is 127 Å². The Morgan fingerprint density at radius 1 is 1.29 bits per heavy atom. The highest BCUT2D eigenvalue weighted by atomic mass is 16.5. The average molecular weight is 294 g/mol. The maximum absolute atomic E-state index is 11.8. The molecule has 1 aromatic carbocycles. The lowest BCUT2D eigenvalue weighted by Crippen LogP contribution is -2.31. The first kappa shape index (κ1) is 17.3. The Bertz CT molecular complexity index is 461. The first-order valence-electron chi connectivity index (χ1n) is 7.36. The van der Waals surface area contributed by atoms with E-state index in [-0.39, 0.29) is 18.6 Å². The van der Waals surface area contributed by atoms with E-state index in [2.05, 4.69) is 0 Å². The van der Waals surface area contributed by atoms with Crippen molar-refractivity contribution in [1.29, 1.82) is 0 Å². The zero-order valence-corrected chi connectivity index (χ0v) is 13.4. The average Bonchev–Trinajstić information content (AvgIpc) is 2.45. The summed E-state index contributed by atoms with van der Waals surface area (Å²) in [6, 6.07) is 5.80. The van der Waals surface area contributed by atoms with Crippen molar-refractivity contribution in [1.82, 2.24) is 4.90 Å². The Morgan fingerprint density at radius 3 is 2.57 bits per heavy atom. The molecule has 1 atom stereocenters. The molecular formula is C16H26N2O3. The smallest absolute Gasteiger partial charge is 0.260 e. The SMILES string of the molecule is CCOc1cc(CC(C)N)ccc1OCC(=O)N(C)CC. The molecule has 0 heterocycles. The molecule has 1 aromatic rings. The van der Waals surface area contributed by atoms with Gasteiger partial charge in [0.1, 0.15) is 0 Å². The van der Waals surface area contributed by atoms with Crippen molar-refractivity contribution < 1.29 is 14.3 Å². The van der Waals surface area contributed by atoms with Crippen LogP contribution >= 0.6 is 0 Å². The molecule has 0 spiro atoms. The van der Waals surface area contributed by atoms with Gasteiger partial charge in [-0.15, -0.1) is 0 Å². The second-order valence-electron chi connectivity index (χ2n) is 5.09. The van der Waals surface area contributed by atoms with Crippen LogP contribution < -0.4 is 15.2 Å². The van der Waals surface area contributed by atoms with Crippen molar-refractivity contribution in [3.8, 4) is 11.5 Å². The van der Waals surface area contributed by atoms with E-state index in [4.69, 9.17) is 15.2 Å². The van der Waals surface area contributed by atoms with Crippen molar-refractivity contribution in [2.45, 2.75) is 33.2 Å². The van der Waals surface area contributed by atoms with Gasteiger partial charge in [-0.3, -0.25) is 4.79 Å². The number of likely N-dealkylation sites (N-methyl/N-ethyl adjacent to an activating group) is 1. The summed E-state index contributed by atoms with van der Waals surface area (Å²) in [6.07, 6.45) is 0.776. The summed E-state index contributed by atoms with van der Waals surface area (Å²) in [5, 5.41) is 0. The lowest BCUT2D eigenvalue weighted by molar-refractivity contribution is -0.131. The van der Waals surface area contributed by atoms with Crippen LogP contribution in [0.25, 0.3) is 0 Å². The van der Waals surface area contributed by atoms with E-state index in [1.165, 1.54) is 0 Å². The van der Waals surface area contributed by atoms with Gasteiger partial charge >= 0.3 is 0 Å². The van der Waals surface area contributed by atoms with E-state index >= 15 is 0 Å². The van der Waals surface area contributed by atoms with Gasteiger partial charge in [0.25, 0.3) is 5.91 Å². The second-order valence-corrected chi connectivity index (χ2v) is 5.09. The Morgan fingerprint density at radius 2 is 2.00 bits per heavy atom. The van der Waals surface area contributed by atoms with Gasteiger partial charge < -0.3 is 20.1 Å². The standard InChI is InChI=1S/C16H26N2O3/c1-5-18(4)16(19)11-21-14-8-7-13(9-12(3)17)10-15(14)20-6-2/h7-8,10,12H,5-6,9,11,17H2,1-4H3. The van der Waals surface area contributed by atoms with Gasteiger partial charge in [-0.25, -0.2) is 0 Å². The number of ether oxygens (including phenoxy) is 2. The summed E-state index contributed by atoms with van der Waals surface area (Å²) in [7, 11) is 1.75. The van der Waals surface area contributed by atoms with Crippen LogP contribution in [0.2, 0.25) is 0 Å². The van der Waals surface area contributed by atoms with Gasteiger partial charge in [-0.2, -0.15) is 0 Å². The lowest BCUT2D eigenvalue weighted by Gasteiger charge is -2.17. The van der Waals surface area contributed by atoms with E-state index in [0.717, 1.165) is 12.0 Å². The van der Waals surface area contributed by atoms with Crippen molar-refractivity contribution in [3.05, 3.63) is 23.8 Å². The molecule has 1 amide bonds. The van der Waals surface area contributed by atoms with Crippen molar-refractivity contribution in [3.63, 3.8) is 0 Å². The molecule has 0 aliphatic carbocycles. The third-order valence-electron chi connectivity index (χ3n) is 3.12. The molecule has 0 aliphatic heterocycles. The fourth-order valence-electron chi connectivity index (χ4n) is 1.86.